The van der Waals surface area contributed by atoms with Gasteiger partial charge in [0.05, 0.1) is 0 Å². The van der Waals surface area contributed by atoms with Gasteiger partial charge in [-0.05, 0) is 18.8 Å². The third-order valence-corrected chi connectivity index (χ3v) is 4.45. The Hall–Kier alpha value is -0.570. The van der Waals surface area contributed by atoms with Crippen molar-refractivity contribution in [3.63, 3.8) is 0 Å². The summed E-state index contributed by atoms with van der Waals surface area (Å²) in [6.45, 7) is 3.97. The van der Waals surface area contributed by atoms with E-state index >= 15 is 0 Å². The number of hydrogen-bond acceptors (Lipinski definition) is 2. The molecule has 1 atom stereocenters. The van der Waals surface area contributed by atoms with Crippen LogP contribution in [0, 0.1) is 5.92 Å². The molecular formula is C17H33NO2. The van der Waals surface area contributed by atoms with Gasteiger partial charge in [-0.1, -0.05) is 71.6 Å². The third-order valence-electron chi connectivity index (χ3n) is 4.45. The molecule has 0 aliphatic heterocycles. The molecule has 0 heterocycles. The Kier molecular flexibility index (Phi) is 8.92. The van der Waals surface area contributed by atoms with Gasteiger partial charge in [-0.15, -0.1) is 0 Å². The van der Waals surface area contributed by atoms with E-state index in [1.807, 2.05) is 13.8 Å². The van der Waals surface area contributed by atoms with Gasteiger partial charge in [-0.3, -0.25) is 4.79 Å². The fourth-order valence-electron chi connectivity index (χ4n) is 3.13. The predicted octanol–water partition coefficient (Wildman–Crippen LogP) is 4.36. The van der Waals surface area contributed by atoms with E-state index < -0.39 is 12.0 Å². The van der Waals surface area contributed by atoms with Crippen LogP contribution in [0.25, 0.3) is 0 Å². The molecule has 1 aliphatic rings. The van der Waals surface area contributed by atoms with Crippen LogP contribution in [0.4, 0.5) is 0 Å². The van der Waals surface area contributed by atoms with Gasteiger partial charge >= 0.3 is 5.97 Å². The number of aliphatic carboxylic acids is 1. The average Bonchev–Trinajstić information content (AvgIpc) is 2.37. The monoisotopic (exact) mass is 283 g/mol. The molecule has 1 rings (SSSR count). The van der Waals surface area contributed by atoms with Crippen LogP contribution in [-0.2, 0) is 4.79 Å². The number of hydrogen-bond donors (Lipinski definition) is 2. The third kappa shape index (κ3) is 7.28. The van der Waals surface area contributed by atoms with Gasteiger partial charge in [0.2, 0.25) is 0 Å². The Labute approximate surface area is 124 Å². The second kappa shape index (κ2) is 10.2. The first-order chi connectivity index (χ1) is 9.61. The molecule has 118 valence electrons. The van der Waals surface area contributed by atoms with Gasteiger partial charge < -0.3 is 10.4 Å². The van der Waals surface area contributed by atoms with Gasteiger partial charge in [0.25, 0.3) is 0 Å². The lowest BCUT2D eigenvalue weighted by molar-refractivity contribution is -0.141. The first-order valence-corrected chi connectivity index (χ1v) is 8.60. The second-order valence-electron chi connectivity index (χ2n) is 6.68. The number of carboxylic acid groups (broad SMARTS) is 1. The van der Waals surface area contributed by atoms with Crippen molar-refractivity contribution in [1.82, 2.24) is 5.32 Å². The van der Waals surface area contributed by atoms with Crippen LogP contribution in [0.1, 0.15) is 84.5 Å². The summed E-state index contributed by atoms with van der Waals surface area (Å²) in [5, 5.41) is 12.7. The zero-order valence-electron chi connectivity index (χ0n) is 13.4. The molecule has 0 aromatic rings. The Morgan fingerprint density at radius 2 is 1.30 bits per heavy atom. The second-order valence-corrected chi connectivity index (χ2v) is 6.68. The SMILES string of the molecule is CC(C)C(NC1CCCCCCCCCCC1)C(=O)O. The van der Waals surface area contributed by atoms with Gasteiger partial charge in [0, 0.05) is 6.04 Å². The number of carboxylic acids is 1. The lowest BCUT2D eigenvalue weighted by atomic mass is 9.96. The van der Waals surface area contributed by atoms with Crippen LogP contribution >= 0.6 is 0 Å². The Morgan fingerprint density at radius 3 is 1.65 bits per heavy atom. The summed E-state index contributed by atoms with van der Waals surface area (Å²) >= 11 is 0. The Morgan fingerprint density at radius 1 is 0.900 bits per heavy atom. The fourth-order valence-corrected chi connectivity index (χ4v) is 3.13. The van der Waals surface area contributed by atoms with Crippen molar-refractivity contribution < 1.29 is 9.90 Å². The lowest BCUT2D eigenvalue weighted by Gasteiger charge is -2.26. The van der Waals surface area contributed by atoms with Crippen LogP contribution in [0.5, 0.6) is 0 Å². The minimum Gasteiger partial charge on any atom is -0.480 e. The summed E-state index contributed by atoms with van der Waals surface area (Å²) in [4.78, 5) is 11.3. The van der Waals surface area contributed by atoms with E-state index in [1.165, 1.54) is 57.8 Å². The number of rotatable bonds is 4. The Balaban J connectivity index is 2.46. The smallest absolute Gasteiger partial charge is 0.320 e. The van der Waals surface area contributed by atoms with Crippen LogP contribution in [0.15, 0.2) is 0 Å². The highest BCUT2D eigenvalue weighted by Crippen LogP contribution is 2.18. The lowest BCUT2D eigenvalue weighted by Crippen LogP contribution is -2.46. The van der Waals surface area contributed by atoms with Crippen molar-refractivity contribution in [3.05, 3.63) is 0 Å². The minimum absolute atomic E-state index is 0.147. The fraction of sp³-hybridized carbons (Fsp3) is 0.941. The maximum Gasteiger partial charge on any atom is 0.320 e. The van der Waals surface area contributed by atoms with E-state index in [9.17, 15) is 9.90 Å². The largest absolute Gasteiger partial charge is 0.480 e. The standard InChI is InChI=1S/C17H33NO2/c1-14(2)16(17(19)20)18-15-12-10-8-6-4-3-5-7-9-11-13-15/h14-16,18H,3-13H2,1-2H3,(H,19,20). The van der Waals surface area contributed by atoms with Crippen molar-refractivity contribution >= 4 is 5.97 Å². The quantitative estimate of drug-likeness (QED) is 0.806. The molecule has 3 nitrogen and oxygen atoms in total. The topological polar surface area (TPSA) is 49.3 Å². The van der Waals surface area contributed by atoms with E-state index in [-0.39, 0.29) is 5.92 Å². The summed E-state index contributed by atoms with van der Waals surface area (Å²) in [5.41, 5.74) is 0. The first kappa shape index (κ1) is 17.5. The molecular weight excluding hydrogens is 250 g/mol. The highest BCUT2D eigenvalue weighted by molar-refractivity contribution is 5.73. The van der Waals surface area contributed by atoms with E-state index in [0.717, 1.165) is 12.8 Å². The molecule has 0 aromatic carbocycles. The van der Waals surface area contributed by atoms with Crippen LogP contribution in [-0.4, -0.2) is 23.2 Å². The average molecular weight is 283 g/mol. The molecule has 1 unspecified atom stereocenters. The van der Waals surface area contributed by atoms with Crippen molar-refractivity contribution in [2.45, 2.75) is 96.6 Å². The van der Waals surface area contributed by atoms with Crippen molar-refractivity contribution in [3.8, 4) is 0 Å². The van der Waals surface area contributed by atoms with E-state index in [1.54, 1.807) is 0 Å². The summed E-state index contributed by atoms with van der Waals surface area (Å²) in [5.74, 6) is -0.556. The molecule has 0 amide bonds. The first-order valence-electron chi connectivity index (χ1n) is 8.60. The van der Waals surface area contributed by atoms with Gasteiger partial charge in [0.1, 0.15) is 6.04 Å². The maximum atomic E-state index is 11.3. The van der Waals surface area contributed by atoms with E-state index in [4.69, 9.17) is 0 Å². The summed E-state index contributed by atoms with van der Waals surface area (Å²) in [6, 6.07) is -0.00849. The summed E-state index contributed by atoms with van der Waals surface area (Å²) < 4.78 is 0. The molecule has 0 spiro atoms. The minimum atomic E-state index is -0.703. The zero-order valence-corrected chi connectivity index (χ0v) is 13.4. The molecule has 3 heteroatoms. The van der Waals surface area contributed by atoms with E-state index in [0.29, 0.717) is 6.04 Å². The highest BCUT2D eigenvalue weighted by atomic mass is 16.4. The van der Waals surface area contributed by atoms with Gasteiger partial charge in [-0.25, -0.2) is 0 Å². The van der Waals surface area contributed by atoms with Crippen molar-refractivity contribution in [1.29, 1.82) is 0 Å². The van der Waals surface area contributed by atoms with Crippen molar-refractivity contribution in [2.75, 3.05) is 0 Å². The number of carbonyl (C=O) groups is 1. The molecule has 20 heavy (non-hydrogen) atoms. The molecule has 2 N–H and O–H groups in total. The Bertz CT molecular complexity index is 254. The molecule has 0 bridgehead atoms. The molecule has 0 saturated heterocycles. The van der Waals surface area contributed by atoms with Crippen LogP contribution in [0.2, 0.25) is 0 Å². The van der Waals surface area contributed by atoms with E-state index in [2.05, 4.69) is 5.32 Å². The molecule has 0 radical (unpaired) electrons. The summed E-state index contributed by atoms with van der Waals surface area (Å²) in [6.07, 6.45) is 14.2. The summed E-state index contributed by atoms with van der Waals surface area (Å²) in [7, 11) is 0. The van der Waals surface area contributed by atoms with Gasteiger partial charge in [0.15, 0.2) is 0 Å². The van der Waals surface area contributed by atoms with Crippen LogP contribution < -0.4 is 5.32 Å². The highest BCUT2D eigenvalue weighted by Gasteiger charge is 2.24. The predicted molar refractivity (Wildman–Crippen MR) is 84.0 cm³/mol. The van der Waals surface area contributed by atoms with Crippen LogP contribution in [0.3, 0.4) is 0 Å². The molecule has 1 saturated carbocycles. The molecule has 0 aromatic heterocycles. The number of nitrogens with one attached hydrogen (secondary N) is 1. The zero-order chi connectivity index (χ0) is 14.8. The maximum absolute atomic E-state index is 11.3. The normalized spacial score (nSPS) is 21.9. The van der Waals surface area contributed by atoms with Gasteiger partial charge in [-0.2, -0.15) is 0 Å². The molecule has 1 aliphatic carbocycles. The molecule has 1 fully saturated rings. The van der Waals surface area contributed by atoms with Crippen molar-refractivity contribution in [2.24, 2.45) is 5.92 Å².